The van der Waals surface area contributed by atoms with Crippen molar-refractivity contribution >= 4 is 34.0 Å². The number of aryl methyl sites for hydroxylation is 1. The van der Waals surface area contributed by atoms with Crippen molar-refractivity contribution in [2.75, 3.05) is 11.1 Å². The number of nitrogens with one attached hydrogen (secondary N) is 1. The second-order valence-electron chi connectivity index (χ2n) is 4.16. The Labute approximate surface area is 114 Å². The van der Waals surface area contributed by atoms with Crippen LogP contribution >= 0.6 is 11.3 Å². The van der Waals surface area contributed by atoms with Gasteiger partial charge in [-0.1, -0.05) is 12.1 Å². The number of aromatic nitrogens is 3. The molecule has 3 N–H and O–H groups in total. The first kappa shape index (κ1) is 11.9. The predicted octanol–water partition coefficient (Wildman–Crippen LogP) is 2.59. The molecule has 0 spiro atoms. The average molecular weight is 271 g/mol. The summed E-state index contributed by atoms with van der Waals surface area (Å²) in [6, 6.07) is 7.66. The van der Waals surface area contributed by atoms with Gasteiger partial charge < -0.3 is 11.1 Å². The molecular weight excluding hydrogens is 258 g/mol. The van der Waals surface area contributed by atoms with E-state index >= 15 is 0 Å². The Morgan fingerprint density at radius 3 is 2.63 bits per heavy atom. The lowest BCUT2D eigenvalue weighted by atomic mass is 10.3. The molecule has 0 aliphatic rings. The number of benzene rings is 1. The van der Waals surface area contributed by atoms with Crippen molar-refractivity contribution in [1.82, 2.24) is 15.0 Å². The Morgan fingerprint density at radius 2 is 1.95 bits per heavy atom. The SMILES string of the molecule is Cc1cnc(CNc2nc3ccccc3nc2N)s1. The summed E-state index contributed by atoms with van der Waals surface area (Å²) in [7, 11) is 0. The van der Waals surface area contributed by atoms with Crippen LogP contribution < -0.4 is 11.1 Å². The van der Waals surface area contributed by atoms with Crippen molar-refractivity contribution in [3.63, 3.8) is 0 Å². The van der Waals surface area contributed by atoms with Crippen LogP contribution in [0, 0.1) is 6.92 Å². The molecule has 0 fully saturated rings. The van der Waals surface area contributed by atoms with E-state index in [1.165, 1.54) is 4.88 Å². The zero-order chi connectivity index (χ0) is 13.2. The van der Waals surface area contributed by atoms with Crippen molar-refractivity contribution in [3.05, 3.63) is 40.3 Å². The van der Waals surface area contributed by atoms with Crippen LogP contribution in [-0.2, 0) is 6.54 Å². The van der Waals surface area contributed by atoms with E-state index in [9.17, 15) is 0 Å². The largest absolute Gasteiger partial charge is 0.381 e. The van der Waals surface area contributed by atoms with Gasteiger partial charge in [0.25, 0.3) is 0 Å². The molecule has 0 unspecified atom stereocenters. The van der Waals surface area contributed by atoms with Gasteiger partial charge in [0, 0.05) is 11.1 Å². The second kappa shape index (κ2) is 4.81. The van der Waals surface area contributed by atoms with E-state index in [4.69, 9.17) is 5.73 Å². The summed E-state index contributed by atoms with van der Waals surface area (Å²) in [5, 5.41) is 4.19. The van der Waals surface area contributed by atoms with Gasteiger partial charge in [0.15, 0.2) is 11.6 Å². The maximum atomic E-state index is 5.90. The van der Waals surface area contributed by atoms with Crippen molar-refractivity contribution in [2.45, 2.75) is 13.5 Å². The lowest BCUT2D eigenvalue weighted by Gasteiger charge is -2.07. The maximum absolute atomic E-state index is 5.90. The topological polar surface area (TPSA) is 76.7 Å². The molecule has 5 nitrogen and oxygen atoms in total. The number of fused-ring (bicyclic) bond motifs is 1. The van der Waals surface area contributed by atoms with Gasteiger partial charge in [-0.15, -0.1) is 11.3 Å². The number of nitrogens with zero attached hydrogens (tertiary/aromatic N) is 3. The van der Waals surface area contributed by atoms with E-state index in [1.807, 2.05) is 37.4 Å². The van der Waals surface area contributed by atoms with E-state index < -0.39 is 0 Å². The molecule has 0 saturated carbocycles. The average Bonchev–Trinajstić information content (AvgIpc) is 2.82. The summed E-state index contributed by atoms with van der Waals surface area (Å²) in [6.07, 6.45) is 1.86. The standard InChI is InChI=1S/C13H13N5S/c1-8-6-15-11(19-8)7-16-13-12(14)17-9-4-2-3-5-10(9)18-13/h2-6H,7H2,1H3,(H2,14,17)(H,16,18). The van der Waals surface area contributed by atoms with Crippen molar-refractivity contribution < 1.29 is 0 Å². The van der Waals surface area contributed by atoms with Crippen LogP contribution in [0.2, 0.25) is 0 Å². The number of thiazole rings is 1. The predicted molar refractivity (Wildman–Crippen MR) is 78.1 cm³/mol. The van der Waals surface area contributed by atoms with Crippen molar-refractivity contribution in [3.8, 4) is 0 Å². The minimum absolute atomic E-state index is 0.409. The molecule has 3 aromatic rings. The van der Waals surface area contributed by atoms with Crippen LogP contribution in [0.3, 0.4) is 0 Å². The Morgan fingerprint density at radius 1 is 1.21 bits per heavy atom. The van der Waals surface area contributed by atoms with Crippen LogP contribution in [-0.4, -0.2) is 15.0 Å². The number of hydrogen-bond donors (Lipinski definition) is 2. The zero-order valence-electron chi connectivity index (χ0n) is 10.4. The number of hydrogen-bond acceptors (Lipinski definition) is 6. The maximum Gasteiger partial charge on any atom is 0.169 e. The summed E-state index contributed by atoms with van der Waals surface area (Å²) >= 11 is 1.65. The smallest absolute Gasteiger partial charge is 0.169 e. The van der Waals surface area contributed by atoms with Gasteiger partial charge >= 0.3 is 0 Å². The lowest BCUT2D eigenvalue weighted by Crippen LogP contribution is -2.06. The van der Waals surface area contributed by atoms with Crippen molar-refractivity contribution in [1.29, 1.82) is 0 Å². The van der Waals surface area contributed by atoms with Gasteiger partial charge in [-0.3, -0.25) is 0 Å². The highest BCUT2D eigenvalue weighted by molar-refractivity contribution is 7.11. The van der Waals surface area contributed by atoms with Gasteiger partial charge in [-0.25, -0.2) is 15.0 Å². The molecule has 2 heterocycles. The molecule has 0 aliphatic carbocycles. The summed E-state index contributed by atoms with van der Waals surface area (Å²) in [5.74, 6) is 1.01. The summed E-state index contributed by atoms with van der Waals surface area (Å²) in [5.41, 5.74) is 7.53. The first-order chi connectivity index (χ1) is 9.22. The molecule has 0 aliphatic heterocycles. The van der Waals surface area contributed by atoms with E-state index in [-0.39, 0.29) is 0 Å². The molecule has 2 aromatic heterocycles. The molecule has 0 radical (unpaired) electrons. The van der Waals surface area contributed by atoms with E-state index in [1.54, 1.807) is 11.3 Å². The minimum atomic E-state index is 0.409. The number of nitrogens with two attached hydrogens (primary N) is 1. The van der Waals surface area contributed by atoms with Crippen molar-refractivity contribution in [2.24, 2.45) is 0 Å². The third kappa shape index (κ3) is 2.48. The highest BCUT2D eigenvalue weighted by Crippen LogP contribution is 2.20. The summed E-state index contributed by atoms with van der Waals surface area (Å²) in [6.45, 7) is 2.64. The molecule has 19 heavy (non-hydrogen) atoms. The Balaban J connectivity index is 1.86. The Kier molecular flexibility index (Phi) is 3.00. The molecule has 6 heteroatoms. The van der Waals surface area contributed by atoms with Crippen LogP contribution in [0.5, 0.6) is 0 Å². The molecular formula is C13H13N5S. The third-order valence-electron chi connectivity index (χ3n) is 2.67. The molecule has 96 valence electrons. The Bertz CT molecular complexity index is 722. The molecule has 0 atom stereocenters. The van der Waals surface area contributed by atoms with Gasteiger partial charge in [-0.2, -0.15) is 0 Å². The van der Waals surface area contributed by atoms with E-state index in [2.05, 4.69) is 20.3 Å². The highest BCUT2D eigenvalue weighted by atomic mass is 32.1. The summed E-state index contributed by atoms with van der Waals surface area (Å²) in [4.78, 5) is 14.3. The number of rotatable bonds is 3. The molecule has 1 aromatic carbocycles. The van der Waals surface area contributed by atoms with Gasteiger partial charge in [-0.05, 0) is 19.1 Å². The zero-order valence-corrected chi connectivity index (χ0v) is 11.2. The normalized spacial score (nSPS) is 10.8. The highest BCUT2D eigenvalue weighted by Gasteiger charge is 2.06. The number of anilines is 2. The molecule has 0 saturated heterocycles. The fourth-order valence-corrected chi connectivity index (χ4v) is 2.51. The number of nitrogen functional groups attached to an aromatic ring is 1. The minimum Gasteiger partial charge on any atom is -0.381 e. The van der Waals surface area contributed by atoms with Crippen LogP contribution in [0.1, 0.15) is 9.88 Å². The fraction of sp³-hybridized carbons (Fsp3) is 0.154. The molecule has 0 amide bonds. The van der Waals surface area contributed by atoms with Crippen LogP contribution in [0.4, 0.5) is 11.6 Å². The van der Waals surface area contributed by atoms with Gasteiger partial charge in [0.1, 0.15) is 5.01 Å². The number of para-hydroxylation sites is 2. The fourth-order valence-electron chi connectivity index (χ4n) is 1.79. The van der Waals surface area contributed by atoms with Crippen LogP contribution in [0.15, 0.2) is 30.5 Å². The lowest BCUT2D eigenvalue weighted by molar-refractivity contribution is 1.08. The first-order valence-corrected chi connectivity index (χ1v) is 6.71. The Hall–Kier alpha value is -2.21. The van der Waals surface area contributed by atoms with Gasteiger partial charge in [0.05, 0.1) is 17.6 Å². The molecule has 3 rings (SSSR count). The van der Waals surface area contributed by atoms with Gasteiger partial charge in [0.2, 0.25) is 0 Å². The third-order valence-corrected chi connectivity index (χ3v) is 3.59. The first-order valence-electron chi connectivity index (χ1n) is 5.90. The quantitative estimate of drug-likeness (QED) is 0.765. The van der Waals surface area contributed by atoms with E-state index in [0.29, 0.717) is 18.2 Å². The monoisotopic (exact) mass is 271 g/mol. The summed E-state index contributed by atoms with van der Waals surface area (Å²) < 4.78 is 0. The molecule has 0 bridgehead atoms. The second-order valence-corrected chi connectivity index (χ2v) is 5.48. The van der Waals surface area contributed by atoms with Crippen LogP contribution in [0.25, 0.3) is 11.0 Å². The van der Waals surface area contributed by atoms with E-state index in [0.717, 1.165) is 16.0 Å².